The molecule has 0 spiro atoms. The van der Waals surface area contributed by atoms with E-state index >= 15 is 0 Å². The number of para-hydroxylation sites is 1. The van der Waals surface area contributed by atoms with Gasteiger partial charge in [0.25, 0.3) is 0 Å². The Balaban J connectivity index is 1.75. The summed E-state index contributed by atoms with van der Waals surface area (Å²) in [5.41, 5.74) is 8.16. The van der Waals surface area contributed by atoms with Gasteiger partial charge in [-0.25, -0.2) is 8.42 Å². The van der Waals surface area contributed by atoms with Gasteiger partial charge in [0.15, 0.2) is 5.78 Å². The fourth-order valence-corrected chi connectivity index (χ4v) is 3.87. The summed E-state index contributed by atoms with van der Waals surface area (Å²) in [7, 11) is -3.72. The maximum Gasteiger partial charge on any atom is 0.243 e. The summed E-state index contributed by atoms with van der Waals surface area (Å²) in [5, 5.41) is 0. The second-order valence-electron chi connectivity index (χ2n) is 5.84. The first-order valence-corrected chi connectivity index (χ1v) is 9.26. The Bertz CT molecular complexity index is 891. The Labute approximate surface area is 147 Å². The highest BCUT2D eigenvalue weighted by molar-refractivity contribution is 7.89. The number of benzene rings is 2. The number of anilines is 1. The zero-order valence-electron chi connectivity index (χ0n) is 13.8. The predicted octanol–water partition coefficient (Wildman–Crippen LogP) is 2.07. The molecular weight excluding hydrogens is 338 g/mol. The SMILES string of the molecule is Cc1ccc(S(=O)(=O)N2CC(=O)C=C(NNc3ccccc3)C2)cc1. The third-order valence-corrected chi connectivity index (χ3v) is 5.62. The summed E-state index contributed by atoms with van der Waals surface area (Å²) >= 11 is 0. The number of sulfonamides is 1. The van der Waals surface area contributed by atoms with E-state index in [0.717, 1.165) is 11.3 Å². The van der Waals surface area contributed by atoms with E-state index in [9.17, 15) is 13.2 Å². The van der Waals surface area contributed by atoms with Crippen LogP contribution in [0.4, 0.5) is 5.69 Å². The molecule has 1 aliphatic rings. The van der Waals surface area contributed by atoms with E-state index in [1.807, 2.05) is 37.3 Å². The lowest BCUT2D eigenvalue weighted by molar-refractivity contribution is -0.115. The smallest absolute Gasteiger partial charge is 0.243 e. The van der Waals surface area contributed by atoms with E-state index in [4.69, 9.17) is 0 Å². The van der Waals surface area contributed by atoms with Crippen LogP contribution in [0.2, 0.25) is 0 Å². The van der Waals surface area contributed by atoms with Crippen molar-refractivity contribution in [3.63, 3.8) is 0 Å². The van der Waals surface area contributed by atoms with Gasteiger partial charge in [-0.3, -0.25) is 4.79 Å². The molecule has 0 bridgehead atoms. The maximum atomic E-state index is 12.8. The van der Waals surface area contributed by atoms with Crippen LogP contribution in [-0.4, -0.2) is 31.6 Å². The van der Waals surface area contributed by atoms with E-state index < -0.39 is 10.0 Å². The van der Waals surface area contributed by atoms with Gasteiger partial charge < -0.3 is 10.9 Å². The molecule has 7 heteroatoms. The van der Waals surface area contributed by atoms with Crippen LogP contribution >= 0.6 is 0 Å². The Hall–Kier alpha value is -2.64. The molecule has 0 fully saturated rings. The van der Waals surface area contributed by atoms with Crippen molar-refractivity contribution in [2.75, 3.05) is 18.5 Å². The highest BCUT2D eigenvalue weighted by Crippen LogP contribution is 2.19. The molecule has 0 aliphatic carbocycles. The first-order valence-electron chi connectivity index (χ1n) is 7.82. The van der Waals surface area contributed by atoms with Crippen molar-refractivity contribution in [1.29, 1.82) is 0 Å². The minimum Gasteiger partial charge on any atom is -0.304 e. The Kier molecular flexibility index (Phi) is 4.87. The van der Waals surface area contributed by atoms with E-state index in [-0.39, 0.29) is 23.8 Å². The third-order valence-electron chi connectivity index (χ3n) is 3.81. The molecular formula is C18H19N3O3S. The van der Waals surface area contributed by atoms with Gasteiger partial charge in [0.05, 0.1) is 29.4 Å². The standard InChI is InChI=1S/C18H19N3O3S/c1-14-7-9-18(10-8-14)25(23,24)21-12-16(11-17(22)13-21)20-19-15-5-3-2-4-6-15/h2-11,19-20H,12-13H2,1H3. The Morgan fingerprint density at radius 2 is 1.60 bits per heavy atom. The van der Waals surface area contributed by atoms with Crippen LogP contribution in [0.5, 0.6) is 0 Å². The summed E-state index contributed by atoms with van der Waals surface area (Å²) < 4.78 is 26.7. The van der Waals surface area contributed by atoms with Crippen LogP contribution in [0.3, 0.4) is 0 Å². The van der Waals surface area contributed by atoms with Crippen LogP contribution in [0, 0.1) is 6.92 Å². The second kappa shape index (κ2) is 7.08. The molecule has 130 valence electrons. The molecule has 2 aromatic carbocycles. The summed E-state index contributed by atoms with van der Waals surface area (Å²) in [5.74, 6) is -0.265. The number of carbonyl (C=O) groups excluding carboxylic acids is 1. The van der Waals surface area contributed by atoms with Crippen molar-refractivity contribution in [3.8, 4) is 0 Å². The Morgan fingerprint density at radius 3 is 2.28 bits per heavy atom. The molecule has 25 heavy (non-hydrogen) atoms. The topological polar surface area (TPSA) is 78.5 Å². The number of aryl methyl sites for hydroxylation is 1. The summed E-state index contributed by atoms with van der Waals surface area (Å²) in [6, 6.07) is 16.0. The molecule has 0 atom stereocenters. The molecule has 0 aromatic heterocycles. The molecule has 6 nitrogen and oxygen atoms in total. The number of carbonyl (C=O) groups is 1. The third kappa shape index (κ3) is 4.07. The number of nitrogens with one attached hydrogen (secondary N) is 2. The highest BCUT2D eigenvalue weighted by Gasteiger charge is 2.30. The molecule has 3 rings (SSSR count). The summed E-state index contributed by atoms with van der Waals surface area (Å²) in [4.78, 5) is 12.2. The lowest BCUT2D eigenvalue weighted by atomic mass is 10.2. The van der Waals surface area contributed by atoms with Crippen molar-refractivity contribution in [2.24, 2.45) is 0 Å². The normalized spacial score (nSPS) is 15.6. The van der Waals surface area contributed by atoms with Crippen molar-refractivity contribution in [3.05, 3.63) is 71.9 Å². The average molecular weight is 357 g/mol. The molecule has 0 saturated heterocycles. The van der Waals surface area contributed by atoms with E-state index in [0.29, 0.717) is 5.70 Å². The van der Waals surface area contributed by atoms with Crippen molar-refractivity contribution in [2.45, 2.75) is 11.8 Å². The quantitative estimate of drug-likeness (QED) is 0.801. The number of nitrogens with zero attached hydrogens (tertiary/aromatic N) is 1. The zero-order chi connectivity index (χ0) is 17.9. The number of rotatable bonds is 5. The van der Waals surface area contributed by atoms with Crippen LogP contribution in [0.15, 0.2) is 71.3 Å². The maximum absolute atomic E-state index is 12.8. The summed E-state index contributed by atoms with van der Waals surface area (Å²) in [6.45, 7) is 1.83. The van der Waals surface area contributed by atoms with Gasteiger partial charge in [-0.05, 0) is 31.2 Å². The monoisotopic (exact) mass is 357 g/mol. The van der Waals surface area contributed by atoms with Crippen molar-refractivity contribution in [1.82, 2.24) is 9.73 Å². The van der Waals surface area contributed by atoms with Gasteiger partial charge in [0.2, 0.25) is 10.0 Å². The fourth-order valence-electron chi connectivity index (χ4n) is 2.48. The van der Waals surface area contributed by atoms with Gasteiger partial charge in [-0.2, -0.15) is 4.31 Å². The number of hydrazine groups is 1. The molecule has 0 amide bonds. The first-order chi connectivity index (χ1) is 11.9. The minimum atomic E-state index is -3.72. The predicted molar refractivity (Wildman–Crippen MR) is 96.2 cm³/mol. The van der Waals surface area contributed by atoms with Gasteiger partial charge in [-0.15, -0.1) is 0 Å². The zero-order valence-corrected chi connectivity index (χ0v) is 14.6. The van der Waals surface area contributed by atoms with Crippen molar-refractivity contribution < 1.29 is 13.2 Å². The number of hydrogen-bond acceptors (Lipinski definition) is 5. The van der Waals surface area contributed by atoms with Gasteiger partial charge >= 0.3 is 0 Å². The number of hydrogen-bond donors (Lipinski definition) is 2. The average Bonchev–Trinajstić information content (AvgIpc) is 2.61. The number of ketones is 1. The van der Waals surface area contributed by atoms with Crippen molar-refractivity contribution >= 4 is 21.5 Å². The molecule has 0 saturated carbocycles. The fraction of sp³-hybridized carbons (Fsp3) is 0.167. The largest absolute Gasteiger partial charge is 0.304 e. The molecule has 2 aromatic rings. The van der Waals surface area contributed by atoms with E-state index in [1.165, 1.54) is 10.4 Å². The molecule has 1 heterocycles. The summed E-state index contributed by atoms with van der Waals surface area (Å²) in [6.07, 6.45) is 1.43. The van der Waals surface area contributed by atoms with Crippen LogP contribution in [-0.2, 0) is 14.8 Å². The molecule has 0 radical (unpaired) electrons. The van der Waals surface area contributed by atoms with E-state index in [2.05, 4.69) is 10.9 Å². The van der Waals surface area contributed by atoms with Gasteiger partial charge in [0, 0.05) is 6.08 Å². The van der Waals surface area contributed by atoms with Gasteiger partial charge in [-0.1, -0.05) is 35.9 Å². The Morgan fingerprint density at radius 1 is 0.920 bits per heavy atom. The second-order valence-corrected chi connectivity index (χ2v) is 7.78. The van der Waals surface area contributed by atoms with Gasteiger partial charge in [0.1, 0.15) is 0 Å². The highest BCUT2D eigenvalue weighted by atomic mass is 32.2. The molecule has 1 aliphatic heterocycles. The first kappa shape index (κ1) is 17.2. The lowest BCUT2D eigenvalue weighted by Crippen LogP contribution is -2.43. The van der Waals surface area contributed by atoms with Crippen LogP contribution < -0.4 is 10.9 Å². The minimum absolute atomic E-state index is 0.0990. The molecule has 2 N–H and O–H groups in total. The van der Waals surface area contributed by atoms with Crippen LogP contribution in [0.1, 0.15) is 5.56 Å². The lowest BCUT2D eigenvalue weighted by Gasteiger charge is -2.26. The van der Waals surface area contributed by atoms with E-state index in [1.54, 1.807) is 24.3 Å². The molecule has 0 unspecified atom stereocenters. The van der Waals surface area contributed by atoms with Crippen LogP contribution in [0.25, 0.3) is 0 Å².